The Morgan fingerprint density at radius 3 is 2.70 bits per heavy atom. The van der Waals surface area contributed by atoms with E-state index in [9.17, 15) is 4.79 Å². The molecule has 0 fully saturated rings. The van der Waals surface area contributed by atoms with Crippen LogP contribution in [-0.2, 0) is 4.79 Å². The Morgan fingerprint density at radius 2 is 2.10 bits per heavy atom. The van der Waals surface area contributed by atoms with Gasteiger partial charge < -0.3 is 10.6 Å². The maximum absolute atomic E-state index is 11.7. The number of carbonyl (C=O) groups excluding carboxylic acids is 1. The summed E-state index contributed by atoms with van der Waals surface area (Å²) in [5.74, 6) is 0.0444. The van der Waals surface area contributed by atoms with Crippen LogP contribution in [0.3, 0.4) is 0 Å². The number of amides is 1. The van der Waals surface area contributed by atoms with Gasteiger partial charge in [-0.2, -0.15) is 5.26 Å². The van der Waals surface area contributed by atoms with Crippen LogP contribution in [0.1, 0.15) is 51.3 Å². The molecule has 0 aliphatic rings. The van der Waals surface area contributed by atoms with Crippen LogP contribution in [0.2, 0.25) is 0 Å². The third-order valence-corrected chi connectivity index (χ3v) is 2.83. The number of nitriles is 1. The van der Waals surface area contributed by atoms with E-state index in [0.717, 1.165) is 5.56 Å². The molecule has 1 unspecified atom stereocenters. The van der Waals surface area contributed by atoms with Crippen molar-refractivity contribution in [3.8, 4) is 6.07 Å². The van der Waals surface area contributed by atoms with E-state index in [4.69, 9.17) is 5.26 Å². The monoisotopic (exact) mass is 273 g/mol. The highest BCUT2D eigenvalue weighted by Gasteiger charge is 2.13. The molecule has 0 aliphatic carbocycles. The summed E-state index contributed by atoms with van der Waals surface area (Å²) in [5.41, 5.74) is 1.52. The maximum atomic E-state index is 11.7. The largest absolute Gasteiger partial charge is 0.351 e. The second kappa shape index (κ2) is 7.06. The molecule has 0 bridgehead atoms. The van der Waals surface area contributed by atoms with Crippen LogP contribution >= 0.6 is 0 Å². The van der Waals surface area contributed by atoms with Gasteiger partial charge >= 0.3 is 0 Å². The summed E-state index contributed by atoms with van der Waals surface area (Å²) >= 11 is 0. The van der Waals surface area contributed by atoms with Crippen LogP contribution in [0.4, 0.5) is 0 Å². The quantitative estimate of drug-likeness (QED) is 0.866. The molecule has 0 spiro atoms. The minimum Gasteiger partial charge on any atom is -0.351 e. The smallest absolute Gasteiger partial charge is 0.221 e. The van der Waals surface area contributed by atoms with Crippen molar-refractivity contribution in [1.29, 1.82) is 5.26 Å². The maximum Gasteiger partial charge on any atom is 0.221 e. The second-order valence-electron chi connectivity index (χ2n) is 5.96. The molecule has 0 heterocycles. The highest BCUT2D eigenvalue weighted by molar-refractivity contribution is 5.76. The lowest BCUT2D eigenvalue weighted by Gasteiger charge is -2.21. The van der Waals surface area contributed by atoms with Crippen LogP contribution in [-0.4, -0.2) is 18.0 Å². The van der Waals surface area contributed by atoms with Gasteiger partial charge in [-0.25, -0.2) is 0 Å². The lowest BCUT2D eigenvalue weighted by atomic mass is 10.1. The topological polar surface area (TPSA) is 64.9 Å². The standard InChI is InChI=1S/C16H23N3O/c1-12(14-7-5-6-13(10-14)11-17)18-9-8-15(20)19-16(2,3)4/h5-7,10,12,18H,8-9H2,1-4H3,(H,19,20). The van der Waals surface area contributed by atoms with Gasteiger partial charge in [0.05, 0.1) is 11.6 Å². The van der Waals surface area contributed by atoms with Crippen LogP contribution < -0.4 is 10.6 Å². The zero-order valence-electron chi connectivity index (χ0n) is 12.7. The Morgan fingerprint density at radius 1 is 1.40 bits per heavy atom. The third kappa shape index (κ3) is 5.85. The van der Waals surface area contributed by atoms with Crippen LogP contribution in [0, 0.1) is 11.3 Å². The van der Waals surface area contributed by atoms with Gasteiger partial charge in [-0.05, 0) is 45.4 Å². The molecule has 4 heteroatoms. The first-order valence-electron chi connectivity index (χ1n) is 6.86. The minimum atomic E-state index is -0.191. The van der Waals surface area contributed by atoms with Crippen LogP contribution in [0.5, 0.6) is 0 Å². The Labute approximate surface area is 121 Å². The number of nitrogens with one attached hydrogen (secondary N) is 2. The van der Waals surface area contributed by atoms with Gasteiger partial charge in [0.25, 0.3) is 0 Å². The van der Waals surface area contributed by atoms with E-state index in [-0.39, 0.29) is 17.5 Å². The first-order chi connectivity index (χ1) is 9.31. The van der Waals surface area contributed by atoms with Crippen molar-refractivity contribution in [2.24, 2.45) is 0 Å². The van der Waals surface area contributed by atoms with Crippen molar-refractivity contribution in [2.75, 3.05) is 6.54 Å². The summed E-state index contributed by atoms with van der Waals surface area (Å²) in [6.07, 6.45) is 0.444. The second-order valence-corrected chi connectivity index (χ2v) is 5.96. The molecule has 0 aromatic heterocycles. The van der Waals surface area contributed by atoms with Gasteiger partial charge in [0.15, 0.2) is 0 Å². The SMILES string of the molecule is CC(NCCC(=O)NC(C)(C)C)c1cccc(C#N)c1. The van der Waals surface area contributed by atoms with Crippen molar-refractivity contribution >= 4 is 5.91 Å². The van der Waals surface area contributed by atoms with Gasteiger partial charge in [0.2, 0.25) is 5.91 Å². The molecule has 2 N–H and O–H groups in total. The molecule has 1 aromatic carbocycles. The molecule has 0 saturated heterocycles. The first kappa shape index (κ1) is 16.2. The molecule has 1 amide bonds. The van der Waals surface area contributed by atoms with E-state index >= 15 is 0 Å². The normalized spacial score (nSPS) is 12.6. The minimum absolute atomic E-state index is 0.0444. The van der Waals surface area contributed by atoms with E-state index in [2.05, 4.69) is 16.7 Å². The molecule has 0 saturated carbocycles. The molecule has 108 valence electrons. The summed E-state index contributed by atoms with van der Waals surface area (Å²) in [6.45, 7) is 8.54. The fourth-order valence-electron chi connectivity index (χ4n) is 1.88. The Hall–Kier alpha value is -1.86. The average Bonchev–Trinajstić information content (AvgIpc) is 2.36. The van der Waals surface area contributed by atoms with E-state index < -0.39 is 0 Å². The molecule has 0 radical (unpaired) electrons. The molecule has 1 rings (SSSR count). The van der Waals surface area contributed by atoms with Crippen molar-refractivity contribution in [2.45, 2.75) is 45.7 Å². The third-order valence-electron chi connectivity index (χ3n) is 2.83. The zero-order chi connectivity index (χ0) is 15.2. The van der Waals surface area contributed by atoms with Gasteiger partial charge in [-0.3, -0.25) is 4.79 Å². The predicted molar refractivity (Wildman–Crippen MR) is 80.1 cm³/mol. The molecular weight excluding hydrogens is 250 g/mol. The molecule has 1 aromatic rings. The number of hydrogen-bond acceptors (Lipinski definition) is 3. The summed E-state index contributed by atoms with van der Waals surface area (Å²) in [7, 11) is 0. The number of nitrogens with zero attached hydrogens (tertiary/aromatic N) is 1. The van der Waals surface area contributed by atoms with Gasteiger partial charge in [-0.15, -0.1) is 0 Å². The number of carbonyl (C=O) groups is 1. The average molecular weight is 273 g/mol. The lowest BCUT2D eigenvalue weighted by Crippen LogP contribution is -2.41. The lowest BCUT2D eigenvalue weighted by molar-refractivity contribution is -0.122. The Kier molecular flexibility index (Phi) is 5.72. The van der Waals surface area contributed by atoms with Gasteiger partial charge in [0.1, 0.15) is 0 Å². The van der Waals surface area contributed by atoms with Gasteiger partial charge in [0, 0.05) is 24.5 Å². The van der Waals surface area contributed by atoms with Gasteiger partial charge in [-0.1, -0.05) is 12.1 Å². The summed E-state index contributed by atoms with van der Waals surface area (Å²) < 4.78 is 0. The fourth-order valence-corrected chi connectivity index (χ4v) is 1.88. The molecular formula is C16H23N3O. The van der Waals surface area contributed by atoms with E-state index in [1.54, 1.807) is 6.07 Å². The van der Waals surface area contributed by atoms with Crippen molar-refractivity contribution in [3.63, 3.8) is 0 Å². The molecule has 20 heavy (non-hydrogen) atoms. The predicted octanol–water partition coefficient (Wildman–Crippen LogP) is 2.51. The fraction of sp³-hybridized carbons (Fsp3) is 0.500. The summed E-state index contributed by atoms with van der Waals surface area (Å²) in [6, 6.07) is 9.75. The number of hydrogen-bond donors (Lipinski definition) is 2. The molecule has 1 atom stereocenters. The Balaban J connectivity index is 2.42. The first-order valence-corrected chi connectivity index (χ1v) is 6.86. The van der Waals surface area contributed by atoms with Crippen LogP contribution in [0.15, 0.2) is 24.3 Å². The van der Waals surface area contributed by atoms with E-state index in [1.165, 1.54) is 0 Å². The highest BCUT2D eigenvalue weighted by atomic mass is 16.1. The molecule has 0 aliphatic heterocycles. The zero-order valence-corrected chi connectivity index (χ0v) is 12.7. The number of rotatable bonds is 5. The number of benzene rings is 1. The summed E-state index contributed by atoms with van der Waals surface area (Å²) in [4.78, 5) is 11.7. The Bertz CT molecular complexity index is 497. The van der Waals surface area contributed by atoms with Crippen molar-refractivity contribution in [1.82, 2.24) is 10.6 Å². The van der Waals surface area contributed by atoms with Crippen molar-refractivity contribution < 1.29 is 4.79 Å². The van der Waals surface area contributed by atoms with Crippen molar-refractivity contribution in [3.05, 3.63) is 35.4 Å². The molecule has 4 nitrogen and oxygen atoms in total. The summed E-state index contributed by atoms with van der Waals surface area (Å²) in [5, 5.41) is 15.1. The van der Waals surface area contributed by atoms with E-state index in [0.29, 0.717) is 18.5 Å². The van der Waals surface area contributed by atoms with E-state index in [1.807, 2.05) is 45.9 Å². The highest BCUT2D eigenvalue weighted by Crippen LogP contribution is 2.13. The van der Waals surface area contributed by atoms with Crippen LogP contribution in [0.25, 0.3) is 0 Å².